The maximum atomic E-state index is 11.8. The monoisotopic (exact) mass is 307 g/mol. The second kappa shape index (κ2) is 6.41. The zero-order valence-corrected chi connectivity index (χ0v) is 11.9. The Morgan fingerprint density at radius 2 is 1.90 bits per heavy atom. The van der Waals surface area contributed by atoms with Crippen molar-refractivity contribution in [1.29, 1.82) is 0 Å². The van der Waals surface area contributed by atoms with Gasteiger partial charge in [0.25, 0.3) is 5.91 Å². The van der Waals surface area contributed by atoms with Crippen molar-refractivity contribution in [2.75, 3.05) is 0 Å². The van der Waals surface area contributed by atoms with Gasteiger partial charge in [-0.15, -0.1) is 0 Å². The number of benzene rings is 1. The van der Waals surface area contributed by atoms with E-state index < -0.39 is 0 Å². The zero-order valence-electron chi connectivity index (χ0n) is 10.4. The average Bonchev–Trinajstić information content (AvgIpc) is 2.48. The summed E-state index contributed by atoms with van der Waals surface area (Å²) >= 11 is 11.8. The Balaban J connectivity index is 1.98. The number of halogens is 2. The van der Waals surface area contributed by atoms with Crippen LogP contribution in [0, 0.1) is 0 Å². The number of hydrogen-bond acceptors (Lipinski definition) is 3. The zero-order chi connectivity index (χ0) is 14.5. The standard InChI is InChI=1S/C14H11Cl2N3O/c1-9(10-4-5-12(15)13(16)7-10)18-19-14(20)11-3-2-6-17-8-11/h2-8,18H,1H2,(H,19,20). The lowest BCUT2D eigenvalue weighted by Gasteiger charge is -2.11. The average molecular weight is 308 g/mol. The fraction of sp³-hybridized carbons (Fsp3) is 0. The highest BCUT2D eigenvalue weighted by Crippen LogP contribution is 2.24. The summed E-state index contributed by atoms with van der Waals surface area (Å²) < 4.78 is 0. The van der Waals surface area contributed by atoms with Gasteiger partial charge in [-0.05, 0) is 24.3 Å². The number of nitrogens with zero attached hydrogens (tertiary/aromatic N) is 1. The number of carbonyl (C=O) groups is 1. The van der Waals surface area contributed by atoms with E-state index in [1.54, 1.807) is 36.5 Å². The SMILES string of the molecule is C=C(NNC(=O)c1cccnc1)c1ccc(Cl)c(Cl)c1. The van der Waals surface area contributed by atoms with E-state index in [0.717, 1.165) is 5.56 Å². The van der Waals surface area contributed by atoms with E-state index in [1.807, 2.05) is 0 Å². The van der Waals surface area contributed by atoms with Crippen molar-refractivity contribution in [2.24, 2.45) is 0 Å². The van der Waals surface area contributed by atoms with E-state index in [9.17, 15) is 4.79 Å². The summed E-state index contributed by atoms with van der Waals surface area (Å²) in [5, 5.41) is 0.883. The van der Waals surface area contributed by atoms with Crippen LogP contribution in [0.5, 0.6) is 0 Å². The molecule has 20 heavy (non-hydrogen) atoms. The van der Waals surface area contributed by atoms with Gasteiger partial charge in [0.15, 0.2) is 0 Å². The lowest BCUT2D eigenvalue weighted by Crippen LogP contribution is -2.35. The van der Waals surface area contributed by atoms with Crippen LogP contribution in [-0.2, 0) is 0 Å². The molecule has 0 spiro atoms. The fourth-order valence-corrected chi connectivity index (χ4v) is 1.76. The molecule has 2 aromatic rings. The minimum Gasteiger partial charge on any atom is -0.298 e. The van der Waals surface area contributed by atoms with Gasteiger partial charge in [-0.3, -0.25) is 20.6 Å². The molecule has 102 valence electrons. The molecule has 1 heterocycles. The van der Waals surface area contributed by atoms with Gasteiger partial charge in [0.05, 0.1) is 21.3 Å². The van der Waals surface area contributed by atoms with E-state index in [-0.39, 0.29) is 5.91 Å². The molecule has 0 aliphatic heterocycles. The molecule has 0 fully saturated rings. The third-order valence-corrected chi connectivity index (χ3v) is 3.26. The number of nitrogens with one attached hydrogen (secondary N) is 2. The molecule has 2 rings (SSSR count). The highest BCUT2D eigenvalue weighted by Gasteiger charge is 2.06. The van der Waals surface area contributed by atoms with E-state index in [1.165, 1.54) is 6.20 Å². The molecule has 2 N–H and O–H groups in total. The van der Waals surface area contributed by atoms with Crippen LogP contribution in [0.1, 0.15) is 15.9 Å². The largest absolute Gasteiger partial charge is 0.298 e. The molecule has 0 saturated heterocycles. The minimum absolute atomic E-state index is 0.306. The van der Waals surface area contributed by atoms with Gasteiger partial charge < -0.3 is 0 Å². The number of hydrazine groups is 1. The number of hydrogen-bond donors (Lipinski definition) is 2. The van der Waals surface area contributed by atoms with E-state index in [4.69, 9.17) is 23.2 Å². The summed E-state index contributed by atoms with van der Waals surface area (Å²) in [4.78, 5) is 15.7. The van der Waals surface area contributed by atoms with Gasteiger partial charge in [-0.2, -0.15) is 0 Å². The molecule has 1 aromatic heterocycles. The first-order valence-corrected chi connectivity index (χ1v) is 6.44. The molecule has 4 nitrogen and oxygen atoms in total. The van der Waals surface area contributed by atoms with Crippen molar-refractivity contribution in [3.8, 4) is 0 Å². The first-order chi connectivity index (χ1) is 9.58. The van der Waals surface area contributed by atoms with Crippen LogP contribution in [-0.4, -0.2) is 10.9 Å². The smallest absolute Gasteiger partial charge is 0.271 e. The summed E-state index contributed by atoms with van der Waals surface area (Å²) in [7, 11) is 0. The second-order valence-electron chi connectivity index (χ2n) is 3.93. The maximum absolute atomic E-state index is 11.8. The van der Waals surface area contributed by atoms with Crippen molar-refractivity contribution in [3.05, 3.63) is 70.5 Å². The Labute approximate surface area is 126 Å². The lowest BCUT2D eigenvalue weighted by atomic mass is 10.2. The van der Waals surface area contributed by atoms with Gasteiger partial charge in [0.2, 0.25) is 0 Å². The molecule has 0 bridgehead atoms. The minimum atomic E-state index is -0.306. The molecule has 0 unspecified atom stereocenters. The molecule has 0 radical (unpaired) electrons. The van der Waals surface area contributed by atoms with Gasteiger partial charge >= 0.3 is 0 Å². The number of amides is 1. The summed E-state index contributed by atoms with van der Waals surface area (Å²) in [5.41, 5.74) is 6.92. The first-order valence-electron chi connectivity index (χ1n) is 5.68. The number of rotatable bonds is 4. The Morgan fingerprint density at radius 3 is 2.55 bits per heavy atom. The Bertz CT molecular complexity index is 644. The molecular formula is C14H11Cl2N3O. The highest BCUT2D eigenvalue weighted by atomic mass is 35.5. The second-order valence-corrected chi connectivity index (χ2v) is 4.74. The summed E-state index contributed by atoms with van der Waals surface area (Å²) in [6, 6.07) is 8.42. The quantitative estimate of drug-likeness (QED) is 0.852. The van der Waals surface area contributed by atoms with Crippen LogP contribution in [0.15, 0.2) is 49.3 Å². The van der Waals surface area contributed by atoms with Gasteiger partial charge in [-0.1, -0.05) is 35.8 Å². The topological polar surface area (TPSA) is 54.0 Å². The predicted molar refractivity (Wildman–Crippen MR) is 80.3 cm³/mol. The van der Waals surface area contributed by atoms with Crippen LogP contribution in [0.3, 0.4) is 0 Å². The van der Waals surface area contributed by atoms with E-state index in [2.05, 4.69) is 22.4 Å². The van der Waals surface area contributed by atoms with Crippen LogP contribution in [0.2, 0.25) is 10.0 Å². The molecule has 0 aliphatic rings. The van der Waals surface area contributed by atoms with Crippen molar-refractivity contribution >= 4 is 34.8 Å². The van der Waals surface area contributed by atoms with E-state index >= 15 is 0 Å². The van der Waals surface area contributed by atoms with Crippen LogP contribution < -0.4 is 10.9 Å². The van der Waals surface area contributed by atoms with Crippen LogP contribution in [0.4, 0.5) is 0 Å². The third kappa shape index (κ3) is 3.50. The number of pyridine rings is 1. The lowest BCUT2D eigenvalue weighted by molar-refractivity contribution is 0.0942. The highest BCUT2D eigenvalue weighted by molar-refractivity contribution is 6.42. The van der Waals surface area contributed by atoms with Gasteiger partial charge in [-0.25, -0.2) is 0 Å². The molecule has 6 heteroatoms. The maximum Gasteiger partial charge on any atom is 0.271 e. The summed E-state index contributed by atoms with van der Waals surface area (Å²) in [6.07, 6.45) is 3.07. The summed E-state index contributed by atoms with van der Waals surface area (Å²) in [5.74, 6) is -0.306. The molecule has 0 saturated carbocycles. The predicted octanol–water partition coefficient (Wildman–Crippen LogP) is 3.29. The third-order valence-electron chi connectivity index (χ3n) is 2.52. The van der Waals surface area contributed by atoms with Crippen LogP contribution >= 0.6 is 23.2 Å². The Hall–Kier alpha value is -2.04. The van der Waals surface area contributed by atoms with Crippen molar-refractivity contribution in [3.63, 3.8) is 0 Å². The number of aromatic nitrogens is 1. The molecule has 0 atom stereocenters. The van der Waals surface area contributed by atoms with Gasteiger partial charge in [0.1, 0.15) is 0 Å². The number of carbonyl (C=O) groups excluding carboxylic acids is 1. The Kier molecular flexibility index (Phi) is 4.61. The molecule has 0 aliphatic carbocycles. The molecule has 1 amide bonds. The molecular weight excluding hydrogens is 297 g/mol. The summed E-state index contributed by atoms with van der Waals surface area (Å²) in [6.45, 7) is 3.82. The van der Waals surface area contributed by atoms with E-state index in [0.29, 0.717) is 21.3 Å². The fourth-order valence-electron chi connectivity index (χ4n) is 1.46. The Morgan fingerprint density at radius 1 is 1.10 bits per heavy atom. The van der Waals surface area contributed by atoms with Crippen molar-refractivity contribution < 1.29 is 4.79 Å². The van der Waals surface area contributed by atoms with Crippen molar-refractivity contribution in [2.45, 2.75) is 0 Å². The van der Waals surface area contributed by atoms with Gasteiger partial charge in [0, 0.05) is 18.0 Å². The van der Waals surface area contributed by atoms with Crippen molar-refractivity contribution in [1.82, 2.24) is 15.8 Å². The molecule has 1 aromatic carbocycles. The first kappa shape index (κ1) is 14.4. The van der Waals surface area contributed by atoms with Crippen LogP contribution in [0.25, 0.3) is 5.70 Å². The normalized spacial score (nSPS) is 9.90.